The van der Waals surface area contributed by atoms with Crippen LogP contribution in [0.5, 0.6) is 0 Å². The van der Waals surface area contributed by atoms with Gasteiger partial charge < -0.3 is 5.32 Å². The molecule has 2 aromatic rings. The Morgan fingerprint density at radius 3 is 2.19 bits per heavy atom. The highest BCUT2D eigenvalue weighted by Crippen LogP contribution is 2.19. The molecule has 27 heavy (non-hydrogen) atoms. The standard InChI is InChI=1S/C17H20N2O6S2/c1-12(2)25-27(23,24)16-6-4-5-14(11-16)18-17(20)19-26(21,22)15-9-7-13(3)8-10-15/h4-12H,1-3H3,(H2,18,19,20). The molecule has 0 saturated carbocycles. The summed E-state index contributed by atoms with van der Waals surface area (Å²) in [4.78, 5) is 11.8. The first-order valence-corrected chi connectivity index (χ1v) is 10.8. The molecule has 2 rings (SSSR count). The number of carbonyl (C=O) groups is 1. The van der Waals surface area contributed by atoms with E-state index in [-0.39, 0.29) is 15.5 Å². The number of sulfonamides is 1. The summed E-state index contributed by atoms with van der Waals surface area (Å²) in [5, 5.41) is 2.30. The van der Waals surface area contributed by atoms with Crippen molar-refractivity contribution in [2.75, 3.05) is 5.32 Å². The van der Waals surface area contributed by atoms with E-state index in [4.69, 9.17) is 4.18 Å². The Bertz CT molecular complexity index is 1030. The van der Waals surface area contributed by atoms with E-state index in [0.29, 0.717) is 0 Å². The molecule has 0 fully saturated rings. The normalized spacial score (nSPS) is 12.0. The van der Waals surface area contributed by atoms with Gasteiger partial charge in [-0.3, -0.25) is 4.18 Å². The van der Waals surface area contributed by atoms with Crippen molar-refractivity contribution in [1.29, 1.82) is 0 Å². The van der Waals surface area contributed by atoms with Crippen molar-refractivity contribution >= 4 is 31.9 Å². The molecule has 10 heteroatoms. The summed E-state index contributed by atoms with van der Waals surface area (Å²) >= 11 is 0. The maximum atomic E-state index is 12.2. The predicted molar refractivity (Wildman–Crippen MR) is 100 cm³/mol. The van der Waals surface area contributed by atoms with Gasteiger partial charge in [0.1, 0.15) is 0 Å². The van der Waals surface area contributed by atoms with Crippen molar-refractivity contribution < 1.29 is 25.8 Å². The number of rotatable bonds is 6. The number of anilines is 1. The molecule has 8 nitrogen and oxygen atoms in total. The Hall–Kier alpha value is -2.43. The second-order valence-corrected chi connectivity index (χ2v) is 9.25. The van der Waals surface area contributed by atoms with E-state index in [1.807, 2.05) is 4.72 Å². The van der Waals surface area contributed by atoms with Gasteiger partial charge in [-0.2, -0.15) is 8.42 Å². The highest BCUT2D eigenvalue weighted by atomic mass is 32.2. The number of carbonyl (C=O) groups excluding carboxylic acids is 1. The van der Waals surface area contributed by atoms with Crippen LogP contribution in [0, 0.1) is 6.92 Å². The van der Waals surface area contributed by atoms with Crippen LogP contribution in [0.3, 0.4) is 0 Å². The second kappa shape index (κ2) is 8.07. The lowest BCUT2D eigenvalue weighted by Gasteiger charge is -2.11. The molecule has 2 N–H and O–H groups in total. The third-order valence-corrected chi connectivity index (χ3v) is 6.07. The molecular formula is C17H20N2O6S2. The summed E-state index contributed by atoms with van der Waals surface area (Å²) < 4.78 is 55.3. The molecule has 0 aliphatic heterocycles. The van der Waals surface area contributed by atoms with E-state index < -0.39 is 32.3 Å². The predicted octanol–water partition coefficient (Wildman–Crippen LogP) is 2.62. The number of benzene rings is 2. The zero-order chi connectivity index (χ0) is 20.2. The average Bonchev–Trinajstić information content (AvgIpc) is 2.53. The lowest BCUT2D eigenvalue weighted by molar-refractivity contribution is 0.248. The highest BCUT2D eigenvalue weighted by Gasteiger charge is 2.20. The number of hydrogen-bond acceptors (Lipinski definition) is 6. The lowest BCUT2D eigenvalue weighted by Crippen LogP contribution is -2.34. The molecule has 0 radical (unpaired) electrons. The van der Waals surface area contributed by atoms with Crippen molar-refractivity contribution in [2.24, 2.45) is 0 Å². The number of hydrogen-bond donors (Lipinski definition) is 2. The fraction of sp³-hybridized carbons (Fsp3) is 0.235. The lowest BCUT2D eigenvalue weighted by atomic mass is 10.2. The minimum absolute atomic E-state index is 0.0649. The molecule has 0 heterocycles. The van der Waals surface area contributed by atoms with Gasteiger partial charge in [0.2, 0.25) is 0 Å². The van der Waals surface area contributed by atoms with Gasteiger partial charge in [-0.1, -0.05) is 23.8 Å². The van der Waals surface area contributed by atoms with E-state index in [9.17, 15) is 21.6 Å². The van der Waals surface area contributed by atoms with E-state index in [2.05, 4.69) is 5.32 Å². The van der Waals surface area contributed by atoms with Crippen molar-refractivity contribution in [2.45, 2.75) is 36.7 Å². The van der Waals surface area contributed by atoms with Crippen LogP contribution >= 0.6 is 0 Å². The highest BCUT2D eigenvalue weighted by molar-refractivity contribution is 7.90. The van der Waals surface area contributed by atoms with Gasteiger partial charge in [-0.15, -0.1) is 0 Å². The fourth-order valence-corrected chi connectivity index (χ4v) is 4.13. The number of urea groups is 1. The third-order valence-electron chi connectivity index (χ3n) is 3.26. The summed E-state index contributed by atoms with van der Waals surface area (Å²) in [5.74, 6) is 0. The van der Waals surface area contributed by atoms with Crippen LogP contribution in [0.4, 0.5) is 10.5 Å². The van der Waals surface area contributed by atoms with Gasteiger partial charge in [0, 0.05) is 5.69 Å². The van der Waals surface area contributed by atoms with Gasteiger partial charge >= 0.3 is 6.03 Å². The topological polar surface area (TPSA) is 119 Å². The summed E-state index contributed by atoms with van der Waals surface area (Å²) in [6, 6.07) is 10.3. The Kier molecular flexibility index (Phi) is 6.24. The third kappa shape index (κ3) is 5.78. The molecule has 146 valence electrons. The Morgan fingerprint density at radius 2 is 1.59 bits per heavy atom. The zero-order valence-corrected chi connectivity index (χ0v) is 16.6. The summed E-state index contributed by atoms with van der Waals surface area (Å²) in [6.07, 6.45) is -0.547. The van der Waals surface area contributed by atoms with Crippen LogP contribution in [-0.2, 0) is 24.3 Å². The van der Waals surface area contributed by atoms with Crippen molar-refractivity contribution in [3.05, 3.63) is 54.1 Å². The quantitative estimate of drug-likeness (QED) is 0.704. The maximum absolute atomic E-state index is 12.2. The Morgan fingerprint density at radius 1 is 0.963 bits per heavy atom. The SMILES string of the molecule is Cc1ccc(S(=O)(=O)NC(=O)Nc2cccc(S(=O)(=O)OC(C)C)c2)cc1. The monoisotopic (exact) mass is 412 g/mol. The first kappa shape index (κ1) is 20.9. The largest absolute Gasteiger partial charge is 0.333 e. The molecule has 0 aliphatic carbocycles. The smallest absolute Gasteiger partial charge is 0.307 e. The molecule has 0 saturated heterocycles. The molecule has 0 bridgehead atoms. The number of aryl methyl sites for hydroxylation is 1. The molecule has 2 amide bonds. The Balaban J connectivity index is 2.14. The van der Waals surface area contributed by atoms with Crippen LogP contribution in [0.15, 0.2) is 58.3 Å². The van der Waals surface area contributed by atoms with Gasteiger partial charge in [-0.25, -0.2) is 17.9 Å². The molecular weight excluding hydrogens is 392 g/mol. The van der Waals surface area contributed by atoms with Gasteiger partial charge in [0.25, 0.3) is 20.1 Å². The number of amides is 2. The maximum Gasteiger partial charge on any atom is 0.333 e. The van der Waals surface area contributed by atoms with Crippen LogP contribution < -0.4 is 10.0 Å². The van der Waals surface area contributed by atoms with Gasteiger partial charge in [0.15, 0.2) is 0 Å². The van der Waals surface area contributed by atoms with Gasteiger partial charge in [0.05, 0.1) is 15.9 Å². The van der Waals surface area contributed by atoms with Crippen LogP contribution in [0.25, 0.3) is 0 Å². The first-order chi connectivity index (χ1) is 12.5. The molecule has 0 atom stereocenters. The van der Waals surface area contributed by atoms with Crippen molar-refractivity contribution in [3.63, 3.8) is 0 Å². The van der Waals surface area contributed by atoms with E-state index in [0.717, 1.165) is 5.56 Å². The minimum atomic E-state index is -4.06. The first-order valence-electron chi connectivity index (χ1n) is 7.93. The molecule has 0 aliphatic rings. The van der Waals surface area contributed by atoms with Crippen molar-refractivity contribution in [1.82, 2.24) is 4.72 Å². The van der Waals surface area contributed by atoms with Crippen molar-refractivity contribution in [3.8, 4) is 0 Å². The second-order valence-electron chi connectivity index (χ2n) is 6.00. The van der Waals surface area contributed by atoms with Gasteiger partial charge in [-0.05, 0) is 51.1 Å². The fourth-order valence-electron chi connectivity index (χ4n) is 2.09. The van der Waals surface area contributed by atoms with Crippen LogP contribution in [-0.4, -0.2) is 29.0 Å². The van der Waals surface area contributed by atoms with E-state index in [1.54, 1.807) is 32.9 Å². The average molecular weight is 412 g/mol. The van der Waals surface area contributed by atoms with Crippen LogP contribution in [0.2, 0.25) is 0 Å². The zero-order valence-electron chi connectivity index (χ0n) is 15.0. The Labute approximate surface area is 158 Å². The summed E-state index contributed by atoms with van der Waals surface area (Å²) in [6.45, 7) is 4.95. The van der Waals surface area contributed by atoms with Crippen LogP contribution in [0.1, 0.15) is 19.4 Å². The summed E-state index contributed by atoms with van der Waals surface area (Å²) in [5.41, 5.74) is 0.972. The summed E-state index contributed by atoms with van der Waals surface area (Å²) in [7, 11) is -8.05. The number of nitrogens with one attached hydrogen (secondary N) is 2. The molecule has 2 aromatic carbocycles. The van der Waals surface area contributed by atoms with E-state index >= 15 is 0 Å². The van der Waals surface area contributed by atoms with E-state index in [1.165, 1.54) is 36.4 Å². The molecule has 0 aromatic heterocycles. The molecule has 0 unspecified atom stereocenters. The molecule has 0 spiro atoms. The minimum Gasteiger partial charge on any atom is -0.307 e.